The monoisotopic (exact) mass is 1090 g/mol. The summed E-state index contributed by atoms with van der Waals surface area (Å²) in [5.41, 5.74) is 8.27. The molecule has 2 atom stereocenters. The second-order valence-electron chi connectivity index (χ2n) is 21.4. The van der Waals surface area contributed by atoms with Crippen LogP contribution in [0, 0.1) is 31.6 Å². The zero-order valence-corrected chi connectivity index (χ0v) is 44.2. The topological polar surface area (TPSA) is 168 Å². The lowest BCUT2D eigenvalue weighted by Gasteiger charge is -2.37. The van der Waals surface area contributed by atoms with Crippen molar-refractivity contribution in [2.45, 2.75) is 88.8 Å². The Kier molecular flexibility index (Phi) is 13.1. The molecule has 1 amide bonds. The predicted octanol–water partition coefficient (Wildman–Crippen LogP) is 7.35. The van der Waals surface area contributed by atoms with Crippen molar-refractivity contribution in [3.63, 3.8) is 0 Å². The van der Waals surface area contributed by atoms with Gasteiger partial charge in [0.05, 0.1) is 29.4 Å². The summed E-state index contributed by atoms with van der Waals surface area (Å²) in [5.74, 6) is -7.18. The predicted molar refractivity (Wildman–Crippen MR) is 279 cm³/mol. The molecule has 2 unspecified atom stereocenters. The Morgan fingerprint density at radius 2 is 1.12 bits per heavy atom. The van der Waals surface area contributed by atoms with Gasteiger partial charge in [0.1, 0.15) is 5.54 Å². The Morgan fingerprint density at radius 3 is 1.55 bits per heavy atom. The summed E-state index contributed by atoms with van der Waals surface area (Å²) in [5, 5.41) is 6.18. The van der Waals surface area contributed by atoms with Crippen LogP contribution in [0.1, 0.15) is 72.4 Å². The van der Waals surface area contributed by atoms with Crippen LogP contribution >= 0.6 is 0 Å². The van der Waals surface area contributed by atoms with Crippen LogP contribution in [-0.2, 0) is 38.3 Å². The number of amides is 1. The van der Waals surface area contributed by atoms with Gasteiger partial charge in [-0.05, 0) is 123 Å². The third-order valence-corrected chi connectivity index (χ3v) is 19.8. The molecule has 7 aliphatic rings. The molecule has 76 heavy (non-hydrogen) atoms. The first-order valence-electron chi connectivity index (χ1n) is 25.6. The summed E-state index contributed by atoms with van der Waals surface area (Å²) in [6.07, 6.45) is 2.74. The molecule has 5 aliphatic heterocycles. The lowest BCUT2D eigenvalue weighted by Crippen LogP contribution is -2.54. The average molecular weight is 1090 g/mol. The van der Waals surface area contributed by atoms with Crippen LogP contribution in [0.5, 0.6) is 0 Å². The second kappa shape index (κ2) is 19.2. The molecular weight excluding hydrogens is 1030 g/mol. The molecule has 0 radical (unpaired) electrons. The number of hydrogen-bond donors (Lipinski definition) is 2. The number of carbonyl (C=O) groups is 1. The van der Waals surface area contributed by atoms with Crippen LogP contribution < -0.4 is 27.9 Å². The largest absolute Gasteiger partial charge is 0.342 e. The van der Waals surface area contributed by atoms with E-state index >= 15 is 0 Å². The molecule has 23 heteroatoms. The van der Waals surface area contributed by atoms with E-state index in [0.29, 0.717) is 29.4 Å². The molecule has 2 aliphatic carbocycles. The summed E-state index contributed by atoms with van der Waals surface area (Å²) >= 11 is 0. The zero-order chi connectivity index (χ0) is 53.7. The molecule has 5 aromatic rings. The highest BCUT2D eigenvalue weighted by molar-refractivity contribution is 7.95. The van der Waals surface area contributed by atoms with Crippen molar-refractivity contribution in [3.05, 3.63) is 113 Å². The van der Waals surface area contributed by atoms with Crippen LogP contribution in [-0.4, -0.2) is 125 Å². The van der Waals surface area contributed by atoms with E-state index in [1.54, 1.807) is 30.3 Å². The molecule has 16 nitrogen and oxygen atoms in total. The Hall–Kier alpha value is -6.01. The molecule has 3 saturated heterocycles. The fourth-order valence-electron chi connectivity index (χ4n) is 11.2. The average Bonchev–Trinajstić information content (AvgIpc) is 4.14. The van der Waals surface area contributed by atoms with Crippen molar-refractivity contribution >= 4 is 49.3 Å². The molecule has 1 spiro atoms. The van der Waals surface area contributed by atoms with Gasteiger partial charge in [-0.3, -0.25) is 19.9 Å². The van der Waals surface area contributed by atoms with Crippen LogP contribution in [0.2, 0.25) is 0 Å². The van der Waals surface area contributed by atoms with Crippen LogP contribution in [0.3, 0.4) is 0 Å². The number of aryl methyl sites for hydroxylation is 2. The normalized spacial score (nSPS) is 23.8. The Labute approximate surface area is 439 Å². The molecule has 5 fully saturated rings. The smallest absolute Gasteiger partial charge is 0.327 e. The van der Waals surface area contributed by atoms with E-state index in [9.17, 15) is 43.6 Å². The third kappa shape index (κ3) is 9.74. The Bertz CT molecular complexity index is 3340. The van der Waals surface area contributed by atoms with Gasteiger partial charge >= 0.3 is 20.4 Å². The number of pyridine rings is 3. The molecule has 2 saturated carbocycles. The van der Waals surface area contributed by atoms with Gasteiger partial charge in [0.15, 0.2) is 11.6 Å². The van der Waals surface area contributed by atoms with Gasteiger partial charge in [0, 0.05) is 101 Å². The van der Waals surface area contributed by atoms with Gasteiger partial charge in [-0.15, -0.1) is 0 Å². The van der Waals surface area contributed by atoms with Crippen molar-refractivity contribution in [2.75, 3.05) is 77.3 Å². The van der Waals surface area contributed by atoms with Crippen molar-refractivity contribution in [3.8, 4) is 22.5 Å². The highest BCUT2D eigenvalue weighted by Crippen LogP contribution is 2.53. The lowest BCUT2D eigenvalue weighted by molar-refractivity contribution is -0.125. The van der Waals surface area contributed by atoms with Gasteiger partial charge in [0.25, 0.3) is 11.8 Å². The fraction of sp³-hybridized carbons (Fsp3) is 0.472. The number of rotatable bonds is 11. The van der Waals surface area contributed by atoms with E-state index in [1.165, 1.54) is 20.2 Å². The fourth-order valence-corrected chi connectivity index (χ4v) is 14.0. The first-order valence-corrected chi connectivity index (χ1v) is 28.4. The molecule has 2 aromatic carbocycles. The zero-order valence-electron chi connectivity index (χ0n) is 42.6. The van der Waals surface area contributed by atoms with Gasteiger partial charge in [0.2, 0.25) is 11.9 Å². The maximum atomic E-state index is 13.6. The van der Waals surface area contributed by atoms with Crippen molar-refractivity contribution in [1.29, 1.82) is 0 Å². The number of piperidine rings is 2. The number of carbonyl (C=O) groups excluding carboxylic acids is 1. The number of alkyl halides is 4. The standard InChI is InChI=1S/C28H30F3N5O2S.C25H30F2N6O3S/c1-18-6-7-19(16-35-12-10-20(11-13-35)23-4-3-5-26(29)32-23)14-22(18)24-8-9-25-27(33-24)34(2)39(37,38)36(25)17-21-15-28(21,30)31;1-16-3-4-17(13-32-9-7-24(8-10-32)23(34)28-15-29-24)11-19(16)20-5-6-21-22(30-20)31(2)37(35,36)33(21)14-18-12-25(18,26)27/h3-9,14,20-21H,10-13,15-17H2,1-2H3;3-6,11,18,29H,7-10,12-15H2,1-2H3,(H,28,34). The second-order valence-corrected chi connectivity index (χ2v) is 25.1. The van der Waals surface area contributed by atoms with E-state index < -0.39 is 55.6 Å². The first kappa shape index (κ1) is 52.1. The summed E-state index contributed by atoms with van der Waals surface area (Å²) in [6.45, 7) is 8.81. The molecule has 3 aromatic heterocycles. The number of hydrogen-bond acceptors (Lipinski definition) is 11. The van der Waals surface area contributed by atoms with Crippen LogP contribution in [0.15, 0.2) is 78.9 Å². The maximum Gasteiger partial charge on any atom is 0.327 e. The minimum absolute atomic E-state index is 0.0869. The van der Waals surface area contributed by atoms with Crippen LogP contribution in [0.25, 0.3) is 22.5 Å². The maximum absolute atomic E-state index is 13.6. The van der Waals surface area contributed by atoms with Gasteiger partial charge in [-0.2, -0.15) is 21.2 Å². The highest BCUT2D eigenvalue weighted by Gasteiger charge is 2.60. The molecule has 404 valence electrons. The number of anilines is 4. The third-order valence-electron chi connectivity index (χ3n) is 16.3. The van der Waals surface area contributed by atoms with Gasteiger partial charge in [-0.25, -0.2) is 49.7 Å². The molecule has 8 heterocycles. The van der Waals surface area contributed by atoms with E-state index in [1.807, 2.05) is 32.0 Å². The number of fused-ring (bicyclic) bond motifs is 2. The minimum atomic E-state index is -3.95. The number of aromatic nitrogens is 3. The number of nitrogens with one attached hydrogen (secondary N) is 2. The van der Waals surface area contributed by atoms with Gasteiger partial charge < -0.3 is 5.32 Å². The summed E-state index contributed by atoms with van der Waals surface area (Å²) < 4.78 is 124. The minimum Gasteiger partial charge on any atom is -0.342 e. The number of likely N-dealkylation sites (tertiary alicyclic amines) is 2. The van der Waals surface area contributed by atoms with E-state index in [2.05, 4.69) is 59.7 Å². The first-order chi connectivity index (χ1) is 36.0. The molecular formula is C53H60F5N11O5S2. The quantitative estimate of drug-likeness (QED) is 0.100. The van der Waals surface area contributed by atoms with E-state index in [4.69, 9.17) is 0 Å². The number of benzene rings is 2. The van der Waals surface area contributed by atoms with Gasteiger partial charge in [-0.1, -0.05) is 30.3 Å². The van der Waals surface area contributed by atoms with E-state index in [-0.39, 0.29) is 49.4 Å². The molecule has 0 bridgehead atoms. The van der Waals surface area contributed by atoms with E-state index in [0.717, 1.165) is 121 Å². The highest BCUT2D eigenvalue weighted by atomic mass is 32.2. The molecule has 2 N–H and O–H groups in total. The molecule has 12 rings (SSSR count). The van der Waals surface area contributed by atoms with Crippen molar-refractivity contribution in [2.24, 2.45) is 11.8 Å². The van der Waals surface area contributed by atoms with Crippen molar-refractivity contribution in [1.82, 2.24) is 35.4 Å². The Morgan fingerprint density at radius 1 is 0.645 bits per heavy atom. The number of nitrogens with zero attached hydrogens (tertiary/aromatic N) is 9. The van der Waals surface area contributed by atoms with Crippen molar-refractivity contribution < 1.29 is 43.6 Å². The lowest BCUT2D eigenvalue weighted by atomic mass is 9.87. The SMILES string of the molecule is Cc1ccc(CN2CCC(c3cccc(F)n3)CC2)cc1-c1ccc2c(n1)N(C)S(=O)(=O)N2CC1CC1(F)F.Cc1ccc(CN2CCC3(CC2)NCNC3=O)cc1-c1ccc2c(n1)N(C)S(=O)(=O)N2CC1CC1(F)F. The summed E-state index contributed by atoms with van der Waals surface area (Å²) in [7, 11) is -5.09. The number of halogens is 5. The summed E-state index contributed by atoms with van der Waals surface area (Å²) in [4.78, 5) is 30.3. The van der Waals surface area contributed by atoms with Crippen LogP contribution in [0.4, 0.5) is 45.0 Å². The summed E-state index contributed by atoms with van der Waals surface area (Å²) in [6, 6.07) is 24.2. The Balaban J connectivity index is 0.000000162.